The van der Waals surface area contributed by atoms with E-state index in [2.05, 4.69) is 10.1 Å². The molecule has 2 heterocycles. The first-order valence-electron chi connectivity index (χ1n) is 6.65. The predicted molar refractivity (Wildman–Crippen MR) is 91.6 cm³/mol. The van der Waals surface area contributed by atoms with Crippen molar-refractivity contribution in [3.63, 3.8) is 0 Å². The highest BCUT2D eigenvalue weighted by Gasteiger charge is 2.18. The predicted octanol–water partition coefficient (Wildman–Crippen LogP) is 3.68. The molecule has 0 unspecified atom stereocenters. The van der Waals surface area contributed by atoms with Gasteiger partial charge in [0.25, 0.3) is 0 Å². The molecule has 0 bridgehead atoms. The van der Waals surface area contributed by atoms with Gasteiger partial charge in [-0.1, -0.05) is 36.4 Å². The zero-order valence-corrected chi connectivity index (χ0v) is 13.6. The van der Waals surface area contributed by atoms with Crippen LogP contribution >= 0.6 is 24.2 Å². The minimum atomic E-state index is -0.988. The van der Waals surface area contributed by atoms with E-state index in [9.17, 15) is 9.90 Å². The summed E-state index contributed by atoms with van der Waals surface area (Å²) in [6.45, 7) is 0. The SMILES string of the molecule is Cl.O=C(O)c1cnn(-c2ccccn2)c1SCc1ccccc1. The highest BCUT2D eigenvalue weighted by molar-refractivity contribution is 7.98. The first-order chi connectivity index (χ1) is 10.8. The molecule has 0 aliphatic rings. The minimum absolute atomic E-state index is 0. The fourth-order valence-electron chi connectivity index (χ4n) is 1.99. The maximum Gasteiger partial charge on any atom is 0.340 e. The molecule has 0 saturated heterocycles. The summed E-state index contributed by atoms with van der Waals surface area (Å²) in [7, 11) is 0. The fourth-order valence-corrected chi connectivity index (χ4v) is 3.05. The van der Waals surface area contributed by atoms with E-state index in [0.29, 0.717) is 16.6 Å². The first kappa shape index (κ1) is 17.1. The monoisotopic (exact) mass is 347 g/mol. The minimum Gasteiger partial charge on any atom is -0.478 e. The Labute approximate surface area is 143 Å². The van der Waals surface area contributed by atoms with Gasteiger partial charge in [-0.05, 0) is 17.7 Å². The molecule has 0 saturated carbocycles. The number of hydrogen-bond acceptors (Lipinski definition) is 4. The third-order valence-corrected chi connectivity index (χ3v) is 4.18. The Morgan fingerprint density at radius 1 is 1.13 bits per heavy atom. The van der Waals surface area contributed by atoms with Gasteiger partial charge in [0.2, 0.25) is 0 Å². The lowest BCUT2D eigenvalue weighted by molar-refractivity contribution is 0.0693. The molecule has 1 N–H and O–H groups in total. The van der Waals surface area contributed by atoms with Gasteiger partial charge in [-0.25, -0.2) is 14.5 Å². The van der Waals surface area contributed by atoms with Crippen LogP contribution in [0.5, 0.6) is 0 Å². The van der Waals surface area contributed by atoms with Crippen LogP contribution < -0.4 is 0 Å². The number of aromatic nitrogens is 3. The van der Waals surface area contributed by atoms with Crippen LogP contribution in [0.3, 0.4) is 0 Å². The second kappa shape index (κ2) is 7.80. The maximum absolute atomic E-state index is 11.4. The van der Waals surface area contributed by atoms with Crippen molar-refractivity contribution in [2.45, 2.75) is 10.8 Å². The lowest BCUT2D eigenvalue weighted by atomic mass is 10.2. The third kappa shape index (κ3) is 3.91. The van der Waals surface area contributed by atoms with Crippen LogP contribution in [-0.2, 0) is 5.75 Å². The molecule has 0 atom stereocenters. The van der Waals surface area contributed by atoms with Crippen molar-refractivity contribution >= 4 is 30.1 Å². The van der Waals surface area contributed by atoms with Gasteiger partial charge in [0.1, 0.15) is 10.6 Å². The molecule has 118 valence electrons. The standard InChI is InChI=1S/C16H13N3O2S.ClH/c20-16(21)13-10-18-19(14-8-4-5-9-17-14)15(13)22-11-12-6-2-1-3-7-12;/h1-10H,11H2,(H,20,21);1H. The summed E-state index contributed by atoms with van der Waals surface area (Å²) in [6, 6.07) is 15.3. The van der Waals surface area contributed by atoms with Crippen molar-refractivity contribution < 1.29 is 9.90 Å². The molecule has 23 heavy (non-hydrogen) atoms. The number of carboxylic acid groups (broad SMARTS) is 1. The summed E-state index contributed by atoms with van der Waals surface area (Å²) in [4.78, 5) is 15.6. The number of carboxylic acids is 1. The van der Waals surface area contributed by atoms with E-state index in [0.717, 1.165) is 5.56 Å². The topological polar surface area (TPSA) is 68.0 Å². The van der Waals surface area contributed by atoms with Crippen LogP contribution in [0.2, 0.25) is 0 Å². The number of thioether (sulfide) groups is 1. The Kier molecular flexibility index (Phi) is 5.78. The number of nitrogens with zero attached hydrogens (tertiary/aromatic N) is 3. The number of hydrogen-bond donors (Lipinski definition) is 1. The Hall–Kier alpha value is -2.31. The molecule has 3 rings (SSSR count). The van der Waals surface area contributed by atoms with E-state index in [1.54, 1.807) is 16.9 Å². The Bertz CT molecular complexity index is 779. The molecule has 5 nitrogen and oxygen atoms in total. The van der Waals surface area contributed by atoms with Gasteiger partial charge >= 0.3 is 5.97 Å². The summed E-state index contributed by atoms with van der Waals surface area (Å²) >= 11 is 1.44. The van der Waals surface area contributed by atoms with Gasteiger partial charge in [0.15, 0.2) is 5.82 Å². The highest BCUT2D eigenvalue weighted by atomic mass is 35.5. The zero-order valence-electron chi connectivity index (χ0n) is 12.0. The molecule has 0 aliphatic carbocycles. The zero-order chi connectivity index (χ0) is 15.4. The molecule has 3 aromatic rings. The number of carbonyl (C=O) groups is 1. The van der Waals surface area contributed by atoms with Crippen LogP contribution in [0, 0.1) is 0 Å². The van der Waals surface area contributed by atoms with Crippen molar-refractivity contribution in [1.82, 2.24) is 14.8 Å². The van der Waals surface area contributed by atoms with Crippen LogP contribution in [0.25, 0.3) is 5.82 Å². The Morgan fingerprint density at radius 3 is 2.52 bits per heavy atom. The lowest BCUT2D eigenvalue weighted by Gasteiger charge is -2.07. The van der Waals surface area contributed by atoms with Crippen molar-refractivity contribution in [2.75, 3.05) is 0 Å². The summed E-state index contributed by atoms with van der Waals surface area (Å²) < 4.78 is 1.57. The van der Waals surface area contributed by atoms with Gasteiger partial charge in [-0.3, -0.25) is 0 Å². The fraction of sp³-hybridized carbons (Fsp3) is 0.0625. The van der Waals surface area contributed by atoms with Crippen molar-refractivity contribution in [2.24, 2.45) is 0 Å². The van der Waals surface area contributed by atoms with E-state index in [4.69, 9.17) is 0 Å². The average Bonchev–Trinajstić information content (AvgIpc) is 2.99. The van der Waals surface area contributed by atoms with Gasteiger partial charge < -0.3 is 5.11 Å². The van der Waals surface area contributed by atoms with Crippen molar-refractivity contribution in [1.29, 1.82) is 0 Å². The summed E-state index contributed by atoms with van der Waals surface area (Å²) in [5.74, 6) is 0.280. The van der Waals surface area contributed by atoms with Gasteiger partial charge in [0, 0.05) is 11.9 Å². The van der Waals surface area contributed by atoms with Crippen LogP contribution in [0.15, 0.2) is 66.0 Å². The molecule has 0 fully saturated rings. The second-order valence-corrected chi connectivity index (χ2v) is 5.51. The molecule has 0 radical (unpaired) electrons. The van der Waals surface area contributed by atoms with Crippen LogP contribution in [0.4, 0.5) is 0 Å². The number of benzene rings is 1. The highest BCUT2D eigenvalue weighted by Crippen LogP contribution is 2.28. The summed E-state index contributed by atoms with van der Waals surface area (Å²) in [5, 5.41) is 14.1. The smallest absolute Gasteiger partial charge is 0.340 e. The number of halogens is 1. The normalized spacial score (nSPS) is 10.1. The third-order valence-electron chi connectivity index (χ3n) is 3.04. The summed E-state index contributed by atoms with van der Waals surface area (Å²) in [6.07, 6.45) is 3.02. The van der Waals surface area contributed by atoms with Gasteiger partial charge in [-0.2, -0.15) is 5.10 Å². The average molecular weight is 348 g/mol. The van der Waals surface area contributed by atoms with E-state index in [-0.39, 0.29) is 18.0 Å². The Morgan fingerprint density at radius 2 is 1.87 bits per heavy atom. The van der Waals surface area contributed by atoms with Gasteiger partial charge in [-0.15, -0.1) is 24.2 Å². The molecule has 1 aromatic carbocycles. The first-order valence-corrected chi connectivity index (χ1v) is 7.63. The van der Waals surface area contributed by atoms with Crippen LogP contribution in [0.1, 0.15) is 15.9 Å². The molecular formula is C16H14ClN3O2S. The van der Waals surface area contributed by atoms with Gasteiger partial charge in [0.05, 0.1) is 6.20 Å². The molecule has 0 spiro atoms. The molecule has 7 heteroatoms. The van der Waals surface area contributed by atoms with E-state index >= 15 is 0 Å². The van der Waals surface area contributed by atoms with E-state index in [1.807, 2.05) is 42.5 Å². The number of pyridine rings is 1. The molecular weight excluding hydrogens is 334 g/mol. The van der Waals surface area contributed by atoms with E-state index in [1.165, 1.54) is 18.0 Å². The van der Waals surface area contributed by atoms with Crippen LogP contribution in [-0.4, -0.2) is 25.8 Å². The summed E-state index contributed by atoms with van der Waals surface area (Å²) in [5.41, 5.74) is 1.31. The molecule has 0 amide bonds. The van der Waals surface area contributed by atoms with Crippen molar-refractivity contribution in [3.8, 4) is 5.82 Å². The quantitative estimate of drug-likeness (QED) is 0.713. The maximum atomic E-state index is 11.4. The largest absolute Gasteiger partial charge is 0.478 e. The number of rotatable bonds is 5. The van der Waals surface area contributed by atoms with E-state index < -0.39 is 5.97 Å². The van der Waals surface area contributed by atoms with Crippen molar-refractivity contribution in [3.05, 3.63) is 72.1 Å². The number of aromatic carboxylic acids is 1. The second-order valence-electron chi connectivity index (χ2n) is 4.54. The lowest BCUT2D eigenvalue weighted by Crippen LogP contribution is -2.03. The molecule has 2 aromatic heterocycles. The molecule has 0 aliphatic heterocycles. The Balaban J connectivity index is 0.00000192.